The van der Waals surface area contributed by atoms with Crippen molar-refractivity contribution in [1.29, 1.82) is 0 Å². The van der Waals surface area contributed by atoms with Gasteiger partial charge in [0.2, 0.25) is 5.91 Å². The van der Waals surface area contributed by atoms with Crippen molar-refractivity contribution in [1.82, 2.24) is 10.4 Å². The van der Waals surface area contributed by atoms with Crippen molar-refractivity contribution in [2.24, 2.45) is 5.73 Å². The molecule has 0 bridgehead atoms. The molecule has 0 saturated heterocycles. The van der Waals surface area contributed by atoms with Crippen LogP contribution in [0.25, 0.3) is 0 Å². The van der Waals surface area contributed by atoms with E-state index in [4.69, 9.17) is 5.73 Å². The topological polar surface area (TPSA) is 75.4 Å². The van der Waals surface area contributed by atoms with Gasteiger partial charge in [-0.1, -0.05) is 0 Å². The van der Waals surface area contributed by atoms with Crippen molar-refractivity contribution in [3.8, 4) is 0 Å². The summed E-state index contributed by atoms with van der Waals surface area (Å²) in [6.45, 7) is 1.31. The molecule has 0 aromatic rings. The smallest absolute Gasteiger partial charge is 0.261 e. The number of carbonyl (C=O) groups excluding carboxylic acids is 2. The molecule has 0 saturated carbocycles. The third-order valence-electron chi connectivity index (χ3n) is 1.42. The van der Waals surface area contributed by atoms with Gasteiger partial charge in [-0.3, -0.25) is 9.59 Å². The molecule has 3 N–H and O–H groups in total. The van der Waals surface area contributed by atoms with E-state index < -0.39 is 11.9 Å². The van der Waals surface area contributed by atoms with E-state index >= 15 is 0 Å². The van der Waals surface area contributed by atoms with Crippen LogP contribution in [0.4, 0.5) is 0 Å². The van der Waals surface area contributed by atoms with E-state index in [1.165, 1.54) is 25.7 Å². The highest BCUT2D eigenvalue weighted by Crippen LogP contribution is 1.98. The lowest BCUT2D eigenvalue weighted by molar-refractivity contribution is -0.147. The number of nitrogens with zero attached hydrogens (tertiary/aromatic N) is 1. The van der Waals surface area contributed by atoms with Crippen molar-refractivity contribution < 1.29 is 9.59 Å². The number of rotatable bonds is 4. The summed E-state index contributed by atoms with van der Waals surface area (Å²) >= 11 is 1.47. The second-order valence-corrected chi connectivity index (χ2v) is 3.39. The van der Waals surface area contributed by atoms with E-state index in [0.29, 0.717) is 5.75 Å². The molecule has 0 spiro atoms. The summed E-state index contributed by atoms with van der Waals surface area (Å²) in [5, 5.41) is 0.918. The number of hydrogen-bond acceptors (Lipinski definition) is 5. The molecule has 76 valence electrons. The highest BCUT2D eigenvalue weighted by atomic mass is 32.2. The monoisotopic (exact) mass is 205 g/mol. The van der Waals surface area contributed by atoms with E-state index in [2.05, 4.69) is 5.43 Å². The van der Waals surface area contributed by atoms with Crippen molar-refractivity contribution in [2.45, 2.75) is 13.0 Å². The summed E-state index contributed by atoms with van der Waals surface area (Å²) in [6, 6.07) is -0.633. The summed E-state index contributed by atoms with van der Waals surface area (Å²) in [5.41, 5.74) is 8.02. The summed E-state index contributed by atoms with van der Waals surface area (Å²) in [5.74, 6) is -0.252. The predicted octanol–water partition coefficient (Wildman–Crippen LogP) is -0.814. The molecule has 0 rings (SSSR count). The van der Waals surface area contributed by atoms with Crippen LogP contribution in [0.1, 0.15) is 6.92 Å². The molecule has 6 heteroatoms. The van der Waals surface area contributed by atoms with E-state index in [0.717, 1.165) is 5.01 Å². The average molecular weight is 205 g/mol. The maximum Gasteiger partial charge on any atom is 0.261 e. The average Bonchev–Trinajstić information content (AvgIpc) is 2.05. The van der Waals surface area contributed by atoms with Crippen molar-refractivity contribution in [3.05, 3.63) is 0 Å². The first-order chi connectivity index (χ1) is 6.04. The summed E-state index contributed by atoms with van der Waals surface area (Å²) in [7, 11) is 1.51. The lowest BCUT2D eigenvalue weighted by atomic mass is 10.3. The number of hydrogen-bond donors (Lipinski definition) is 2. The largest absolute Gasteiger partial charge is 0.319 e. The van der Waals surface area contributed by atoms with Crippen molar-refractivity contribution >= 4 is 23.6 Å². The van der Waals surface area contributed by atoms with Gasteiger partial charge in [0, 0.05) is 19.7 Å². The molecule has 1 unspecified atom stereocenters. The fourth-order valence-corrected chi connectivity index (χ4v) is 1.34. The Kier molecular flexibility index (Phi) is 5.68. The molecule has 0 aliphatic rings. The Morgan fingerprint density at radius 1 is 1.62 bits per heavy atom. The molecule has 13 heavy (non-hydrogen) atoms. The van der Waals surface area contributed by atoms with Crippen LogP contribution in [0.5, 0.6) is 0 Å². The third-order valence-corrected chi connectivity index (χ3v) is 2.11. The van der Waals surface area contributed by atoms with Gasteiger partial charge in [-0.2, -0.15) is 11.8 Å². The minimum absolute atomic E-state index is 0.357. The van der Waals surface area contributed by atoms with Crippen LogP contribution in [0.15, 0.2) is 0 Å². The van der Waals surface area contributed by atoms with Crippen LogP contribution in [0, 0.1) is 0 Å². The number of imide groups is 1. The summed E-state index contributed by atoms with van der Waals surface area (Å²) in [6.07, 6.45) is 1.85. The molecule has 0 aliphatic carbocycles. The third kappa shape index (κ3) is 3.75. The Morgan fingerprint density at radius 2 is 2.15 bits per heavy atom. The van der Waals surface area contributed by atoms with E-state index in [9.17, 15) is 9.59 Å². The highest BCUT2D eigenvalue weighted by Gasteiger charge is 2.22. The minimum Gasteiger partial charge on any atom is -0.319 e. The van der Waals surface area contributed by atoms with Gasteiger partial charge in [0.1, 0.15) is 0 Å². The van der Waals surface area contributed by atoms with Crippen LogP contribution in [-0.4, -0.2) is 41.9 Å². The molecule has 0 heterocycles. The van der Waals surface area contributed by atoms with Crippen LogP contribution < -0.4 is 11.2 Å². The summed E-state index contributed by atoms with van der Waals surface area (Å²) < 4.78 is 0. The second kappa shape index (κ2) is 5.95. The normalized spacial score (nSPS) is 12.3. The van der Waals surface area contributed by atoms with Crippen LogP contribution >= 0.6 is 11.8 Å². The fraction of sp³-hybridized carbons (Fsp3) is 0.714. The first-order valence-electron chi connectivity index (χ1n) is 3.81. The molecule has 0 radical (unpaired) electrons. The Labute approximate surface area is 82.0 Å². The van der Waals surface area contributed by atoms with Gasteiger partial charge in [-0.15, -0.1) is 0 Å². The zero-order chi connectivity index (χ0) is 10.4. The molecule has 0 fully saturated rings. The summed E-state index contributed by atoms with van der Waals surface area (Å²) in [4.78, 5) is 22.3. The van der Waals surface area contributed by atoms with Crippen LogP contribution in [0.2, 0.25) is 0 Å². The van der Waals surface area contributed by atoms with Crippen molar-refractivity contribution in [2.75, 3.05) is 19.1 Å². The first kappa shape index (κ1) is 12.4. The Balaban J connectivity index is 4.28. The quantitative estimate of drug-likeness (QED) is 0.587. The molecular formula is C7H15N3O2S. The van der Waals surface area contributed by atoms with E-state index in [1.54, 1.807) is 0 Å². The van der Waals surface area contributed by atoms with Gasteiger partial charge in [-0.25, -0.2) is 10.4 Å². The predicted molar refractivity (Wildman–Crippen MR) is 52.9 cm³/mol. The molecule has 0 aliphatic heterocycles. The van der Waals surface area contributed by atoms with Gasteiger partial charge in [0.25, 0.3) is 5.91 Å². The number of carbonyl (C=O) groups is 2. The maximum absolute atomic E-state index is 11.4. The zero-order valence-corrected chi connectivity index (χ0v) is 8.85. The molecule has 0 aromatic carbocycles. The van der Waals surface area contributed by atoms with Gasteiger partial charge < -0.3 is 5.73 Å². The van der Waals surface area contributed by atoms with Gasteiger partial charge in [0.05, 0.1) is 6.04 Å². The van der Waals surface area contributed by atoms with Crippen LogP contribution in [0.3, 0.4) is 0 Å². The Morgan fingerprint density at radius 3 is 2.46 bits per heavy atom. The van der Waals surface area contributed by atoms with Gasteiger partial charge in [0.15, 0.2) is 0 Å². The number of nitrogens with two attached hydrogens (primary N) is 1. The second-order valence-electron chi connectivity index (χ2n) is 2.48. The Hall–Kier alpha value is -0.590. The minimum atomic E-state index is -0.633. The van der Waals surface area contributed by atoms with E-state index in [-0.39, 0.29) is 5.91 Å². The van der Waals surface area contributed by atoms with Crippen molar-refractivity contribution in [3.63, 3.8) is 0 Å². The molecular weight excluding hydrogens is 190 g/mol. The molecule has 2 amide bonds. The Bertz CT molecular complexity index is 198. The highest BCUT2D eigenvalue weighted by molar-refractivity contribution is 7.98. The number of thioether (sulfide) groups is 1. The van der Waals surface area contributed by atoms with Crippen LogP contribution in [-0.2, 0) is 9.59 Å². The van der Waals surface area contributed by atoms with Gasteiger partial charge in [-0.05, 0) is 6.26 Å². The molecule has 0 aromatic heterocycles. The fourth-order valence-electron chi connectivity index (χ4n) is 0.839. The lowest BCUT2D eigenvalue weighted by Crippen LogP contribution is -2.52. The zero-order valence-electron chi connectivity index (χ0n) is 8.03. The first-order valence-corrected chi connectivity index (χ1v) is 5.20. The molecule has 5 nitrogen and oxygen atoms in total. The lowest BCUT2D eigenvalue weighted by Gasteiger charge is -2.20. The molecule has 1 atom stereocenters. The maximum atomic E-state index is 11.4. The number of nitrogens with one attached hydrogen (secondary N) is 1. The number of hydrazine groups is 1. The standard InChI is InChI=1S/C7H15N3O2S/c1-5(11)10(9-2)7(12)6(8)4-13-3/h6,9H,4,8H2,1-3H3. The number of amides is 2. The SMILES string of the molecule is CNN(C(C)=O)C(=O)C(N)CSC. The van der Waals surface area contributed by atoms with Gasteiger partial charge >= 0.3 is 0 Å². The van der Waals surface area contributed by atoms with E-state index in [1.807, 2.05) is 6.26 Å².